The van der Waals surface area contributed by atoms with Gasteiger partial charge >= 0.3 is 0 Å². The molecule has 150 valence electrons. The molecular weight excluding hydrogens is 373 g/mol. The van der Waals surface area contributed by atoms with Crippen molar-refractivity contribution in [3.05, 3.63) is 66.0 Å². The lowest BCUT2D eigenvalue weighted by Crippen LogP contribution is -2.45. The van der Waals surface area contributed by atoms with Crippen LogP contribution in [0.15, 0.2) is 59.8 Å². The van der Waals surface area contributed by atoms with Crippen molar-refractivity contribution in [2.24, 2.45) is 11.1 Å². The minimum Gasteiger partial charge on any atom is -0.382 e. The molecule has 1 fully saturated rings. The van der Waals surface area contributed by atoms with Crippen LogP contribution in [-0.2, 0) is 14.4 Å². The third kappa shape index (κ3) is 4.45. The van der Waals surface area contributed by atoms with E-state index in [4.69, 9.17) is 4.84 Å². The molecule has 0 bridgehead atoms. The number of hydrogen-bond donors (Lipinski definition) is 1. The molecule has 0 aromatic heterocycles. The molecule has 0 aliphatic carbocycles. The Balaban J connectivity index is 1.28. The largest absolute Gasteiger partial charge is 0.382 e. The molecule has 6 nitrogen and oxygen atoms in total. The molecule has 2 heterocycles. The Morgan fingerprint density at radius 1 is 1.07 bits per heavy atom. The quantitative estimate of drug-likeness (QED) is 0.864. The van der Waals surface area contributed by atoms with Crippen molar-refractivity contribution in [2.75, 3.05) is 18.4 Å². The Labute approximate surface area is 168 Å². The van der Waals surface area contributed by atoms with Gasteiger partial charge in [-0.15, -0.1) is 0 Å². The van der Waals surface area contributed by atoms with Crippen LogP contribution in [0.25, 0.3) is 0 Å². The minimum absolute atomic E-state index is 0.0165. The Bertz CT molecular complexity index is 924. The number of hydrogen-bond acceptors (Lipinski definition) is 4. The van der Waals surface area contributed by atoms with Crippen LogP contribution in [0.3, 0.4) is 0 Å². The molecule has 4 rings (SSSR count). The fourth-order valence-corrected chi connectivity index (χ4v) is 3.68. The molecular formula is C22H22FN3O3. The Morgan fingerprint density at radius 2 is 1.83 bits per heavy atom. The summed E-state index contributed by atoms with van der Waals surface area (Å²) in [5.41, 5.74) is 1.97. The van der Waals surface area contributed by atoms with Crippen LogP contribution in [0.1, 0.15) is 24.8 Å². The number of para-hydroxylation sites is 1. The molecule has 1 N–H and O–H groups in total. The lowest BCUT2D eigenvalue weighted by molar-refractivity contribution is -0.144. The summed E-state index contributed by atoms with van der Waals surface area (Å²) < 4.78 is 13.4. The Kier molecular flexibility index (Phi) is 5.55. The summed E-state index contributed by atoms with van der Waals surface area (Å²) in [6.45, 7) is 1.00. The number of nitrogens with one attached hydrogen (secondary N) is 1. The van der Waals surface area contributed by atoms with Crippen LogP contribution < -0.4 is 5.32 Å². The second-order valence-electron chi connectivity index (χ2n) is 7.30. The summed E-state index contributed by atoms with van der Waals surface area (Å²) in [6, 6.07) is 15.4. The van der Waals surface area contributed by atoms with Crippen LogP contribution >= 0.6 is 0 Å². The predicted molar refractivity (Wildman–Crippen MR) is 107 cm³/mol. The van der Waals surface area contributed by atoms with Gasteiger partial charge in [0.15, 0.2) is 0 Å². The highest BCUT2D eigenvalue weighted by Gasteiger charge is 2.35. The first-order valence-electron chi connectivity index (χ1n) is 9.73. The number of amides is 2. The number of halogens is 1. The van der Waals surface area contributed by atoms with Crippen LogP contribution in [0, 0.1) is 11.7 Å². The number of oxime groups is 1. The van der Waals surface area contributed by atoms with Gasteiger partial charge in [0, 0.05) is 36.7 Å². The molecule has 0 spiro atoms. The Hall–Kier alpha value is -3.22. The van der Waals surface area contributed by atoms with Crippen molar-refractivity contribution in [1.29, 1.82) is 0 Å². The molecule has 1 saturated heterocycles. The van der Waals surface area contributed by atoms with E-state index in [-0.39, 0.29) is 23.5 Å². The van der Waals surface area contributed by atoms with Crippen molar-refractivity contribution in [1.82, 2.24) is 4.90 Å². The van der Waals surface area contributed by atoms with E-state index < -0.39 is 6.10 Å². The summed E-state index contributed by atoms with van der Waals surface area (Å²) in [7, 11) is 0. The van der Waals surface area contributed by atoms with Crippen molar-refractivity contribution in [3.63, 3.8) is 0 Å². The summed E-state index contributed by atoms with van der Waals surface area (Å²) in [6.07, 6.45) is 0.836. The van der Waals surface area contributed by atoms with Gasteiger partial charge in [-0.25, -0.2) is 4.39 Å². The predicted octanol–water partition coefficient (Wildman–Crippen LogP) is 3.20. The summed E-state index contributed by atoms with van der Waals surface area (Å²) in [5, 5.41) is 6.90. The fraction of sp³-hybridized carbons (Fsp3) is 0.318. The third-order valence-corrected chi connectivity index (χ3v) is 5.32. The lowest BCUT2D eigenvalue weighted by atomic mass is 9.95. The molecule has 2 aromatic rings. The second-order valence-corrected chi connectivity index (χ2v) is 7.30. The summed E-state index contributed by atoms with van der Waals surface area (Å²) >= 11 is 0. The summed E-state index contributed by atoms with van der Waals surface area (Å²) in [4.78, 5) is 32.3. The number of likely N-dealkylation sites (tertiary alicyclic amines) is 1. The highest BCUT2D eigenvalue weighted by atomic mass is 19.1. The Morgan fingerprint density at radius 3 is 2.55 bits per heavy atom. The average molecular weight is 395 g/mol. The molecule has 29 heavy (non-hydrogen) atoms. The van der Waals surface area contributed by atoms with E-state index in [0.29, 0.717) is 43.6 Å². The third-order valence-electron chi connectivity index (χ3n) is 5.32. The van der Waals surface area contributed by atoms with E-state index >= 15 is 0 Å². The van der Waals surface area contributed by atoms with Gasteiger partial charge in [0.2, 0.25) is 12.0 Å². The molecule has 0 saturated carbocycles. The number of benzene rings is 2. The van der Waals surface area contributed by atoms with Gasteiger partial charge < -0.3 is 15.1 Å². The molecule has 2 aromatic carbocycles. The van der Waals surface area contributed by atoms with E-state index in [0.717, 1.165) is 5.69 Å². The fourth-order valence-electron chi connectivity index (χ4n) is 3.68. The maximum Gasteiger partial charge on any atom is 0.266 e. The zero-order valence-corrected chi connectivity index (χ0v) is 15.9. The molecule has 1 atom stereocenters. The number of piperidine rings is 1. The van der Waals surface area contributed by atoms with Crippen LogP contribution in [-0.4, -0.2) is 41.6 Å². The molecule has 1 unspecified atom stereocenters. The smallest absolute Gasteiger partial charge is 0.266 e. The average Bonchev–Trinajstić information content (AvgIpc) is 3.24. The molecule has 0 radical (unpaired) electrons. The number of rotatable bonds is 4. The molecule has 2 aliphatic rings. The second kappa shape index (κ2) is 8.43. The van der Waals surface area contributed by atoms with E-state index in [1.54, 1.807) is 17.0 Å². The van der Waals surface area contributed by atoms with Crippen molar-refractivity contribution in [2.45, 2.75) is 25.4 Å². The van der Waals surface area contributed by atoms with E-state index in [1.807, 2.05) is 30.3 Å². The van der Waals surface area contributed by atoms with Gasteiger partial charge in [-0.05, 0) is 37.1 Å². The first kappa shape index (κ1) is 19.1. The number of carbonyl (C=O) groups is 2. The topological polar surface area (TPSA) is 71.0 Å². The normalized spacial score (nSPS) is 19.4. The highest BCUT2D eigenvalue weighted by Crippen LogP contribution is 2.24. The van der Waals surface area contributed by atoms with Crippen LogP contribution in [0.4, 0.5) is 10.1 Å². The van der Waals surface area contributed by atoms with Gasteiger partial charge in [0.25, 0.3) is 5.91 Å². The summed E-state index contributed by atoms with van der Waals surface area (Å²) in [5.74, 6) is -0.627. The maximum atomic E-state index is 13.4. The lowest BCUT2D eigenvalue weighted by Gasteiger charge is -2.32. The standard InChI is InChI=1S/C22H22FN3O3/c23-17-6-4-5-16(13-17)19-14-20(29-25-19)22(28)26-11-9-15(10-12-26)21(27)24-18-7-2-1-3-8-18/h1-8,13,15,20H,9-12,14H2,(H,24,27). The monoisotopic (exact) mass is 395 g/mol. The first-order chi connectivity index (χ1) is 14.1. The SMILES string of the molecule is O=C(Nc1ccccc1)C1CCN(C(=O)C2CC(c3cccc(F)c3)=NO2)CC1. The van der Waals surface area contributed by atoms with Gasteiger partial charge in [-0.3, -0.25) is 9.59 Å². The van der Waals surface area contributed by atoms with Crippen molar-refractivity contribution < 1.29 is 18.8 Å². The van der Waals surface area contributed by atoms with Crippen molar-refractivity contribution in [3.8, 4) is 0 Å². The molecule has 2 aliphatic heterocycles. The van der Waals surface area contributed by atoms with Gasteiger partial charge in [-0.1, -0.05) is 35.5 Å². The number of anilines is 1. The van der Waals surface area contributed by atoms with E-state index in [2.05, 4.69) is 10.5 Å². The molecule has 7 heteroatoms. The number of carbonyl (C=O) groups excluding carboxylic acids is 2. The van der Waals surface area contributed by atoms with Gasteiger partial charge in [-0.2, -0.15) is 0 Å². The van der Waals surface area contributed by atoms with E-state index in [1.165, 1.54) is 12.1 Å². The van der Waals surface area contributed by atoms with Gasteiger partial charge in [0.1, 0.15) is 5.82 Å². The highest BCUT2D eigenvalue weighted by molar-refractivity contribution is 6.04. The molecule has 2 amide bonds. The zero-order chi connectivity index (χ0) is 20.2. The zero-order valence-electron chi connectivity index (χ0n) is 15.9. The first-order valence-corrected chi connectivity index (χ1v) is 9.73. The number of nitrogens with zero attached hydrogens (tertiary/aromatic N) is 2. The maximum absolute atomic E-state index is 13.4. The van der Waals surface area contributed by atoms with Crippen molar-refractivity contribution >= 4 is 23.2 Å². The van der Waals surface area contributed by atoms with Gasteiger partial charge in [0.05, 0.1) is 5.71 Å². The van der Waals surface area contributed by atoms with Crippen LogP contribution in [0.2, 0.25) is 0 Å². The van der Waals surface area contributed by atoms with E-state index in [9.17, 15) is 14.0 Å². The van der Waals surface area contributed by atoms with Crippen LogP contribution in [0.5, 0.6) is 0 Å². The minimum atomic E-state index is -0.692.